The lowest BCUT2D eigenvalue weighted by atomic mass is 10.0. The summed E-state index contributed by atoms with van der Waals surface area (Å²) in [4.78, 5) is 20.7. The molecule has 1 aromatic heterocycles. The van der Waals surface area contributed by atoms with Gasteiger partial charge < -0.3 is 20.3 Å². The Morgan fingerprint density at radius 1 is 1.29 bits per heavy atom. The summed E-state index contributed by atoms with van der Waals surface area (Å²) in [6, 6.07) is 3.36. The lowest BCUT2D eigenvalue weighted by Gasteiger charge is -2.36. The van der Waals surface area contributed by atoms with E-state index in [2.05, 4.69) is 23.7 Å². The van der Waals surface area contributed by atoms with Crippen LogP contribution in [-0.4, -0.2) is 55.1 Å². The Kier molecular flexibility index (Phi) is 10.0. The van der Waals surface area contributed by atoms with E-state index in [0.29, 0.717) is 19.0 Å². The number of hydrogen-bond acceptors (Lipinski definition) is 5. The fraction of sp³-hybridized carbons (Fsp3) is 0.625. The summed E-state index contributed by atoms with van der Waals surface area (Å²) in [6.45, 7) is 7.06. The smallest absolute Gasteiger partial charge is 0.239 e. The number of hydrogen-bond donors (Lipinski definition) is 1. The molecule has 2 rings (SSSR count). The van der Waals surface area contributed by atoms with Crippen LogP contribution >= 0.6 is 24.8 Å². The van der Waals surface area contributed by atoms with Crippen molar-refractivity contribution in [3.8, 4) is 5.75 Å². The van der Waals surface area contributed by atoms with Gasteiger partial charge in [-0.25, -0.2) is 4.98 Å². The van der Waals surface area contributed by atoms with Crippen LogP contribution in [0.5, 0.6) is 5.75 Å². The number of aromatic nitrogens is 1. The molecule has 1 aromatic rings. The predicted octanol–water partition coefficient (Wildman–Crippen LogP) is 1.96. The molecule has 8 heteroatoms. The summed E-state index contributed by atoms with van der Waals surface area (Å²) in [5, 5.41) is 0. The van der Waals surface area contributed by atoms with Crippen LogP contribution in [-0.2, 0) is 4.79 Å². The van der Waals surface area contributed by atoms with E-state index in [0.717, 1.165) is 31.1 Å². The number of rotatable bonds is 5. The lowest BCUT2D eigenvalue weighted by Crippen LogP contribution is -2.53. The molecule has 0 aliphatic carbocycles. The molecule has 0 unspecified atom stereocenters. The highest BCUT2D eigenvalue weighted by Gasteiger charge is 2.26. The fourth-order valence-electron chi connectivity index (χ4n) is 2.70. The van der Waals surface area contributed by atoms with Crippen molar-refractivity contribution in [2.45, 2.75) is 26.3 Å². The number of carbonyl (C=O) groups is 1. The van der Waals surface area contributed by atoms with E-state index >= 15 is 0 Å². The molecule has 138 valence electrons. The molecule has 1 saturated heterocycles. The Bertz CT molecular complexity index is 509. The van der Waals surface area contributed by atoms with Crippen molar-refractivity contribution in [1.82, 2.24) is 9.88 Å². The number of piperazine rings is 1. The van der Waals surface area contributed by atoms with E-state index < -0.39 is 0 Å². The minimum Gasteiger partial charge on any atom is -0.497 e. The van der Waals surface area contributed by atoms with Crippen LogP contribution < -0.4 is 15.4 Å². The second-order valence-corrected chi connectivity index (χ2v) is 6.10. The molecule has 0 spiro atoms. The van der Waals surface area contributed by atoms with Gasteiger partial charge in [0.25, 0.3) is 0 Å². The Hall–Kier alpha value is -1.24. The van der Waals surface area contributed by atoms with E-state index in [1.54, 1.807) is 13.3 Å². The molecule has 1 amide bonds. The average molecular weight is 379 g/mol. The van der Waals surface area contributed by atoms with Crippen molar-refractivity contribution in [2.24, 2.45) is 11.7 Å². The van der Waals surface area contributed by atoms with Gasteiger partial charge in [-0.05, 0) is 18.4 Å². The fourth-order valence-corrected chi connectivity index (χ4v) is 2.70. The third-order valence-electron chi connectivity index (χ3n) is 3.91. The highest BCUT2D eigenvalue weighted by Crippen LogP contribution is 2.19. The van der Waals surface area contributed by atoms with Crippen molar-refractivity contribution < 1.29 is 9.53 Å². The SMILES string of the molecule is COc1ccnc(N2CCN(C(=O)[C@@H](N)CC(C)C)CC2)c1.Cl.Cl. The third-order valence-corrected chi connectivity index (χ3v) is 3.91. The van der Waals surface area contributed by atoms with Gasteiger partial charge in [0.1, 0.15) is 11.6 Å². The number of methoxy groups -OCH3 is 1. The molecule has 0 aromatic carbocycles. The Balaban J connectivity index is 0.00000264. The van der Waals surface area contributed by atoms with Crippen molar-refractivity contribution >= 4 is 36.5 Å². The highest BCUT2D eigenvalue weighted by molar-refractivity contribution is 5.85. The zero-order valence-corrected chi connectivity index (χ0v) is 16.1. The number of halogens is 2. The molecular formula is C16H28Cl2N4O2. The highest BCUT2D eigenvalue weighted by atomic mass is 35.5. The normalized spacial score (nSPS) is 15.4. The maximum atomic E-state index is 12.3. The molecule has 2 N–H and O–H groups in total. The Morgan fingerprint density at radius 3 is 2.46 bits per heavy atom. The molecular weight excluding hydrogens is 351 g/mol. The number of pyridine rings is 1. The van der Waals surface area contributed by atoms with Crippen molar-refractivity contribution in [1.29, 1.82) is 0 Å². The number of ether oxygens (including phenoxy) is 1. The summed E-state index contributed by atoms with van der Waals surface area (Å²) in [5.41, 5.74) is 6.00. The summed E-state index contributed by atoms with van der Waals surface area (Å²) < 4.78 is 5.23. The standard InChI is InChI=1S/C16H26N4O2.2ClH/c1-12(2)10-14(17)16(21)20-8-6-19(7-9-20)15-11-13(22-3)4-5-18-15;;/h4-5,11-12,14H,6-10,17H2,1-3H3;2*1H/t14-;;/m0../s1. The number of amides is 1. The minimum atomic E-state index is -0.388. The number of nitrogens with zero attached hydrogens (tertiary/aromatic N) is 3. The monoisotopic (exact) mass is 378 g/mol. The summed E-state index contributed by atoms with van der Waals surface area (Å²) in [5.74, 6) is 2.17. The molecule has 6 nitrogen and oxygen atoms in total. The first-order chi connectivity index (χ1) is 10.5. The summed E-state index contributed by atoms with van der Waals surface area (Å²) in [6.07, 6.45) is 2.47. The van der Waals surface area contributed by atoms with Gasteiger partial charge in [0.15, 0.2) is 0 Å². The van der Waals surface area contributed by atoms with E-state index in [9.17, 15) is 4.79 Å². The van der Waals surface area contributed by atoms with Gasteiger partial charge in [-0.1, -0.05) is 13.8 Å². The summed E-state index contributed by atoms with van der Waals surface area (Å²) in [7, 11) is 1.64. The zero-order valence-electron chi connectivity index (χ0n) is 14.5. The van der Waals surface area contributed by atoms with Gasteiger partial charge in [-0.15, -0.1) is 24.8 Å². The van der Waals surface area contributed by atoms with Gasteiger partial charge in [-0.3, -0.25) is 4.79 Å². The number of nitrogens with two attached hydrogens (primary N) is 1. The van der Waals surface area contributed by atoms with Crippen LogP contribution in [0.15, 0.2) is 18.3 Å². The topological polar surface area (TPSA) is 71.7 Å². The van der Waals surface area contributed by atoms with Crippen LogP contribution in [0.1, 0.15) is 20.3 Å². The Labute approximate surface area is 156 Å². The van der Waals surface area contributed by atoms with Crippen LogP contribution in [0.3, 0.4) is 0 Å². The molecule has 1 fully saturated rings. The zero-order chi connectivity index (χ0) is 16.1. The second kappa shape index (κ2) is 10.6. The quantitative estimate of drug-likeness (QED) is 0.847. The van der Waals surface area contributed by atoms with Crippen molar-refractivity contribution in [3.05, 3.63) is 18.3 Å². The molecule has 0 bridgehead atoms. The van der Waals surface area contributed by atoms with Crippen molar-refractivity contribution in [2.75, 3.05) is 38.2 Å². The van der Waals surface area contributed by atoms with Gasteiger partial charge in [0.2, 0.25) is 5.91 Å². The first-order valence-electron chi connectivity index (χ1n) is 7.80. The molecule has 24 heavy (non-hydrogen) atoms. The number of carbonyl (C=O) groups excluding carboxylic acids is 1. The van der Waals surface area contributed by atoms with Crippen LogP contribution in [0.25, 0.3) is 0 Å². The Morgan fingerprint density at radius 2 is 1.92 bits per heavy atom. The maximum Gasteiger partial charge on any atom is 0.239 e. The van der Waals surface area contributed by atoms with E-state index in [1.165, 1.54) is 0 Å². The molecule has 0 saturated carbocycles. The predicted molar refractivity (Wildman–Crippen MR) is 102 cm³/mol. The summed E-state index contributed by atoms with van der Waals surface area (Å²) >= 11 is 0. The molecule has 1 atom stereocenters. The number of anilines is 1. The van der Waals surface area contributed by atoms with Gasteiger partial charge in [0, 0.05) is 38.4 Å². The largest absolute Gasteiger partial charge is 0.497 e. The third kappa shape index (κ3) is 6.00. The van der Waals surface area contributed by atoms with Crippen LogP contribution in [0.4, 0.5) is 5.82 Å². The average Bonchev–Trinajstić information content (AvgIpc) is 2.53. The van der Waals surface area contributed by atoms with Crippen LogP contribution in [0.2, 0.25) is 0 Å². The molecule has 0 radical (unpaired) electrons. The van der Waals surface area contributed by atoms with Crippen molar-refractivity contribution in [3.63, 3.8) is 0 Å². The lowest BCUT2D eigenvalue weighted by molar-refractivity contribution is -0.133. The van der Waals surface area contributed by atoms with Crippen LogP contribution in [0, 0.1) is 5.92 Å². The first kappa shape index (κ1) is 22.8. The molecule has 2 heterocycles. The van der Waals surface area contributed by atoms with Gasteiger partial charge in [0.05, 0.1) is 13.2 Å². The van der Waals surface area contributed by atoms with E-state index in [-0.39, 0.29) is 36.8 Å². The second-order valence-electron chi connectivity index (χ2n) is 6.10. The molecule has 1 aliphatic heterocycles. The molecule has 1 aliphatic rings. The van der Waals surface area contributed by atoms with E-state index in [1.807, 2.05) is 17.0 Å². The maximum absolute atomic E-state index is 12.3. The first-order valence-corrected chi connectivity index (χ1v) is 7.80. The van der Waals surface area contributed by atoms with Gasteiger partial charge >= 0.3 is 0 Å². The minimum absolute atomic E-state index is 0. The van der Waals surface area contributed by atoms with E-state index in [4.69, 9.17) is 10.5 Å². The van der Waals surface area contributed by atoms with Gasteiger partial charge in [-0.2, -0.15) is 0 Å².